The van der Waals surface area contributed by atoms with E-state index in [1.807, 2.05) is 7.05 Å². The highest BCUT2D eigenvalue weighted by Crippen LogP contribution is 2.24. The van der Waals surface area contributed by atoms with Gasteiger partial charge in [-0.15, -0.1) is 0 Å². The van der Waals surface area contributed by atoms with Gasteiger partial charge in [-0.3, -0.25) is 14.9 Å². The molecule has 1 aliphatic heterocycles. The molecule has 0 spiro atoms. The maximum Gasteiger partial charge on any atom is 0.285 e. The summed E-state index contributed by atoms with van der Waals surface area (Å²) in [5.74, 6) is -1.50. The minimum atomic E-state index is -0.905. The van der Waals surface area contributed by atoms with Gasteiger partial charge in [0.15, 0.2) is 5.82 Å². The van der Waals surface area contributed by atoms with Crippen LogP contribution in [0.25, 0.3) is 0 Å². The maximum atomic E-state index is 13.3. The number of likely N-dealkylation sites (tertiary alicyclic amines) is 1. The van der Waals surface area contributed by atoms with E-state index in [4.69, 9.17) is 5.73 Å². The van der Waals surface area contributed by atoms with Crippen LogP contribution in [0.1, 0.15) is 23.2 Å². The minimum Gasteiger partial charge on any atom is -0.396 e. The lowest BCUT2D eigenvalue weighted by molar-refractivity contribution is -0.385. The molecular weight excluding hydrogens is 279 g/mol. The number of nitrogen functional groups attached to an aromatic ring is 1. The van der Waals surface area contributed by atoms with Gasteiger partial charge in [-0.05, 0) is 39.0 Å². The average Bonchev–Trinajstić information content (AvgIpc) is 2.43. The number of anilines is 1. The standard InChI is InChI=1S/C13H17FN4O3/c1-17-4-2-8(3-5-17)16-13(19)9-6-11(15)10(14)7-12(9)18(20)21/h6-8H,2-5,15H2,1H3,(H,16,19). The predicted molar refractivity (Wildman–Crippen MR) is 75.5 cm³/mol. The number of rotatable bonds is 3. The Morgan fingerprint density at radius 1 is 1.48 bits per heavy atom. The van der Waals surface area contributed by atoms with Crippen LogP contribution in [0.5, 0.6) is 0 Å². The van der Waals surface area contributed by atoms with Crippen LogP contribution in [-0.2, 0) is 0 Å². The second-order valence-corrected chi connectivity index (χ2v) is 5.20. The van der Waals surface area contributed by atoms with Gasteiger partial charge in [0.1, 0.15) is 5.56 Å². The topological polar surface area (TPSA) is 102 Å². The quantitative estimate of drug-likeness (QED) is 0.495. The van der Waals surface area contributed by atoms with E-state index in [1.165, 1.54) is 0 Å². The predicted octanol–water partition coefficient (Wildman–Crippen LogP) is 1.14. The van der Waals surface area contributed by atoms with Crippen LogP contribution in [0, 0.1) is 15.9 Å². The molecule has 1 fully saturated rings. The van der Waals surface area contributed by atoms with Gasteiger partial charge in [-0.25, -0.2) is 4.39 Å². The molecule has 0 atom stereocenters. The van der Waals surface area contributed by atoms with Crippen molar-refractivity contribution in [3.05, 3.63) is 33.6 Å². The van der Waals surface area contributed by atoms with E-state index in [0.29, 0.717) is 6.07 Å². The highest BCUT2D eigenvalue weighted by molar-refractivity contribution is 5.99. The molecule has 3 N–H and O–H groups in total. The molecule has 0 aliphatic carbocycles. The summed E-state index contributed by atoms with van der Waals surface area (Å²) < 4.78 is 13.3. The van der Waals surface area contributed by atoms with Crippen LogP contribution in [-0.4, -0.2) is 41.9 Å². The number of nitrogens with one attached hydrogen (secondary N) is 1. The highest BCUT2D eigenvalue weighted by Gasteiger charge is 2.26. The number of halogens is 1. The largest absolute Gasteiger partial charge is 0.396 e. The summed E-state index contributed by atoms with van der Waals surface area (Å²) in [6.07, 6.45) is 1.54. The molecule has 114 valence electrons. The first-order chi connectivity index (χ1) is 9.88. The Hall–Kier alpha value is -2.22. The number of nitro benzene ring substituents is 1. The van der Waals surface area contributed by atoms with E-state index in [0.717, 1.165) is 32.0 Å². The smallest absolute Gasteiger partial charge is 0.285 e. The second-order valence-electron chi connectivity index (χ2n) is 5.20. The normalized spacial score (nSPS) is 16.7. The second kappa shape index (κ2) is 6.04. The van der Waals surface area contributed by atoms with E-state index in [1.54, 1.807) is 0 Å². The third-order valence-electron chi connectivity index (χ3n) is 3.61. The summed E-state index contributed by atoms with van der Waals surface area (Å²) in [6, 6.07) is 1.65. The Bertz CT molecular complexity index is 571. The monoisotopic (exact) mass is 296 g/mol. The van der Waals surface area contributed by atoms with Gasteiger partial charge in [-0.2, -0.15) is 0 Å². The Morgan fingerprint density at radius 3 is 2.67 bits per heavy atom. The number of nitro groups is 1. The molecule has 1 aromatic carbocycles. The number of nitrogens with two attached hydrogens (primary N) is 1. The van der Waals surface area contributed by atoms with Crippen LogP contribution >= 0.6 is 0 Å². The zero-order valence-electron chi connectivity index (χ0n) is 11.6. The average molecular weight is 296 g/mol. The van der Waals surface area contributed by atoms with Gasteiger partial charge < -0.3 is 16.0 Å². The van der Waals surface area contributed by atoms with Crippen molar-refractivity contribution in [1.82, 2.24) is 10.2 Å². The number of hydrogen-bond acceptors (Lipinski definition) is 5. The van der Waals surface area contributed by atoms with E-state index in [9.17, 15) is 19.3 Å². The minimum absolute atomic E-state index is 0.0421. The van der Waals surface area contributed by atoms with Crippen molar-refractivity contribution < 1.29 is 14.1 Å². The van der Waals surface area contributed by atoms with Crippen LogP contribution in [0.3, 0.4) is 0 Å². The molecule has 1 amide bonds. The van der Waals surface area contributed by atoms with Crippen molar-refractivity contribution in [3.8, 4) is 0 Å². The molecule has 7 nitrogen and oxygen atoms in total. The van der Waals surface area contributed by atoms with Crippen molar-refractivity contribution >= 4 is 17.3 Å². The first-order valence-corrected chi connectivity index (χ1v) is 6.61. The first-order valence-electron chi connectivity index (χ1n) is 6.61. The first kappa shape index (κ1) is 15.2. The number of amides is 1. The number of piperidine rings is 1. The van der Waals surface area contributed by atoms with E-state index in [-0.39, 0.29) is 17.3 Å². The van der Waals surface area contributed by atoms with Gasteiger partial charge in [0.25, 0.3) is 11.6 Å². The third-order valence-corrected chi connectivity index (χ3v) is 3.61. The molecular formula is C13H17FN4O3. The highest BCUT2D eigenvalue weighted by atomic mass is 19.1. The Labute approximate surface area is 121 Å². The lowest BCUT2D eigenvalue weighted by Crippen LogP contribution is -2.43. The summed E-state index contributed by atoms with van der Waals surface area (Å²) >= 11 is 0. The van der Waals surface area contributed by atoms with Crippen LogP contribution in [0.2, 0.25) is 0 Å². The SMILES string of the molecule is CN1CCC(NC(=O)c2cc(N)c(F)cc2[N+](=O)[O-])CC1. The molecule has 0 radical (unpaired) electrons. The summed E-state index contributed by atoms with van der Waals surface area (Å²) in [4.78, 5) is 24.5. The maximum absolute atomic E-state index is 13.3. The summed E-state index contributed by atoms with van der Waals surface area (Å²) in [6.45, 7) is 1.69. The summed E-state index contributed by atoms with van der Waals surface area (Å²) in [5, 5.41) is 13.7. The lowest BCUT2D eigenvalue weighted by Gasteiger charge is -2.29. The lowest BCUT2D eigenvalue weighted by atomic mass is 10.0. The van der Waals surface area contributed by atoms with E-state index in [2.05, 4.69) is 10.2 Å². The van der Waals surface area contributed by atoms with E-state index < -0.39 is 22.3 Å². The number of nitrogens with zero attached hydrogens (tertiary/aromatic N) is 2. The molecule has 2 rings (SSSR count). The molecule has 1 heterocycles. The van der Waals surface area contributed by atoms with Gasteiger partial charge in [0.05, 0.1) is 16.7 Å². The molecule has 0 bridgehead atoms. The van der Waals surface area contributed by atoms with Crippen molar-refractivity contribution in [1.29, 1.82) is 0 Å². The van der Waals surface area contributed by atoms with Gasteiger partial charge >= 0.3 is 0 Å². The number of benzene rings is 1. The van der Waals surface area contributed by atoms with Gasteiger partial charge in [0.2, 0.25) is 0 Å². The molecule has 21 heavy (non-hydrogen) atoms. The van der Waals surface area contributed by atoms with Crippen molar-refractivity contribution in [2.24, 2.45) is 0 Å². The number of hydrogen-bond donors (Lipinski definition) is 2. The van der Waals surface area contributed by atoms with Crippen LogP contribution in [0.15, 0.2) is 12.1 Å². The number of carbonyl (C=O) groups excluding carboxylic acids is 1. The fraction of sp³-hybridized carbons (Fsp3) is 0.462. The fourth-order valence-electron chi connectivity index (χ4n) is 2.33. The Kier molecular flexibility index (Phi) is 4.37. The Balaban J connectivity index is 2.18. The molecule has 0 unspecified atom stereocenters. The fourth-order valence-corrected chi connectivity index (χ4v) is 2.33. The summed E-state index contributed by atoms with van der Waals surface area (Å²) in [5.41, 5.74) is 4.32. The number of carbonyl (C=O) groups is 1. The summed E-state index contributed by atoms with van der Waals surface area (Å²) in [7, 11) is 1.99. The Morgan fingerprint density at radius 2 is 2.10 bits per heavy atom. The molecule has 0 saturated carbocycles. The zero-order chi connectivity index (χ0) is 15.6. The molecule has 1 saturated heterocycles. The molecule has 1 aliphatic rings. The molecule has 1 aromatic rings. The van der Waals surface area contributed by atoms with Crippen molar-refractivity contribution in [3.63, 3.8) is 0 Å². The third kappa shape index (κ3) is 3.46. The van der Waals surface area contributed by atoms with Crippen molar-refractivity contribution in [2.45, 2.75) is 18.9 Å². The van der Waals surface area contributed by atoms with Crippen LogP contribution < -0.4 is 11.1 Å². The van der Waals surface area contributed by atoms with Gasteiger partial charge in [-0.1, -0.05) is 0 Å². The zero-order valence-corrected chi connectivity index (χ0v) is 11.6. The molecule has 8 heteroatoms. The molecule has 0 aromatic heterocycles. The van der Waals surface area contributed by atoms with Crippen LogP contribution in [0.4, 0.5) is 15.8 Å². The van der Waals surface area contributed by atoms with Gasteiger partial charge in [0, 0.05) is 6.04 Å². The van der Waals surface area contributed by atoms with Crippen molar-refractivity contribution in [2.75, 3.05) is 25.9 Å². The van der Waals surface area contributed by atoms with E-state index >= 15 is 0 Å².